The third-order valence-corrected chi connectivity index (χ3v) is 6.97. The summed E-state index contributed by atoms with van der Waals surface area (Å²) in [6.07, 6.45) is 13.7. The molecular formula is C23H16N4+2. The Hall–Kier alpha value is -3.40. The molecule has 4 nitrogen and oxygen atoms in total. The fourth-order valence-corrected chi connectivity index (χ4v) is 5.94. The number of aromatic nitrogens is 2. The molecule has 0 bridgehead atoms. The quantitative estimate of drug-likeness (QED) is 0.640. The molecule has 2 aromatic rings. The average molecular weight is 348 g/mol. The van der Waals surface area contributed by atoms with E-state index in [-0.39, 0.29) is 0 Å². The van der Waals surface area contributed by atoms with Crippen LogP contribution in [0.4, 0.5) is 0 Å². The molecule has 126 valence electrons. The number of nitrogens with zero attached hydrogens (tertiary/aromatic N) is 4. The van der Waals surface area contributed by atoms with Gasteiger partial charge in [-0.3, -0.25) is 0 Å². The van der Waals surface area contributed by atoms with Crippen molar-refractivity contribution in [3.05, 3.63) is 87.6 Å². The lowest BCUT2D eigenvalue weighted by Gasteiger charge is -2.38. The van der Waals surface area contributed by atoms with Crippen LogP contribution in [0.1, 0.15) is 25.2 Å². The lowest BCUT2D eigenvalue weighted by Crippen LogP contribution is -2.70. The molecule has 1 atom stereocenters. The Bertz CT molecular complexity index is 1520. The zero-order chi connectivity index (χ0) is 17.7. The Kier molecular flexibility index (Phi) is 1.69. The van der Waals surface area contributed by atoms with Crippen molar-refractivity contribution in [2.75, 3.05) is 0 Å². The van der Waals surface area contributed by atoms with Gasteiger partial charge < -0.3 is 0 Å². The minimum Gasteiger partial charge on any atom is -0.199 e. The molecule has 0 fully saturated rings. The van der Waals surface area contributed by atoms with Gasteiger partial charge in [-0.25, -0.2) is 0 Å². The van der Waals surface area contributed by atoms with Crippen LogP contribution in [0.2, 0.25) is 0 Å². The topological polar surface area (TPSA) is 15.9 Å². The second-order valence-electron chi connectivity index (χ2n) is 8.05. The van der Waals surface area contributed by atoms with Gasteiger partial charge in [-0.2, -0.15) is 9.13 Å². The van der Waals surface area contributed by atoms with E-state index in [2.05, 4.69) is 92.9 Å². The fraction of sp³-hybridized carbons (Fsp3) is 0.130. The smallest absolute Gasteiger partial charge is 0.199 e. The Morgan fingerprint density at radius 3 is 2.67 bits per heavy atom. The Morgan fingerprint density at radius 1 is 0.815 bits per heavy atom. The first-order chi connectivity index (χ1) is 13.2. The van der Waals surface area contributed by atoms with Crippen molar-refractivity contribution < 1.29 is 9.15 Å². The molecule has 4 heteroatoms. The van der Waals surface area contributed by atoms with Gasteiger partial charge in [0, 0.05) is 36.5 Å². The van der Waals surface area contributed by atoms with Crippen LogP contribution in [0.3, 0.4) is 0 Å². The van der Waals surface area contributed by atoms with Gasteiger partial charge in [-0.15, -0.1) is 0 Å². The van der Waals surface area contributed by atoms with Gasteiger partial charge in [0.25, 0.3) is 0 Å². The third-order valence-electron chi connectivity index (χ3n) is 6.97. The molecule has 27 heavy (non-hydrogen) atoms. The predicted octanol–water partition coefficient (Wildman–Crippen LogP) is 1.42. The number of rotatable bonds is 0. The lowest BCUT2D eigenvalue weighted by molar-refractivity contribution is -0.836. The van der Waals surface area contributed by atoms with Crippen molar-refractivity contribution in [3.8, 4) is 0 Å². The van der Waals surface area contributed by atoms with Gasteiger partial charge in [-0.05, 0) is 43.7 Å². The van der Waals surface area contributed by atoms with Crippen LogP contribution in [0.5, 0.6) is 0 Å². The molecule has 1 spiro atoms. The minimum absolute atomic E-state index is 0.451. The highest BCUT2D eigenvalue weighted by Crippen LogP contribution is 2.45. The van der Waals surface area contributed by atoms with Crippen LogP contribution in [0.25, 0.3) is 17.7 Å². The molecule has 2 aromatic heterocycles. The van der Waals surface area contributed by atoms with E-state index in [1.54, 1.807) is 0 Å². The first-order valence-electron chi connectivity index (χ1n) is 9.48. The van der Waals surface area contributed by atoms with Crippen LogP contribution < -0.4 is 10.7 Å². The first-order valence-corrected chi connectivity index (χ1v) is 9.48. The van der Waals surface area contributed by atoms with E-state index in [9.17, 15) is 0 Å². The van der Waals surface area contributed by atoms with Crippen molar-refractivity contribution in [1.82, 2.24) is 9.13 Å². The van der Waals surface area contributed by atoms with Crippen molar-refractivity contribution in [1.29, 1.82) is 0 Å². The van der Waals surface area contributed by atoms with Gasteiger partial charge >= 0.3 is 5.91 Å². The summed E-state index contributed by atoms with van der Waals surface area (Å²) in [5.74, 6) is -0.451. The maximum Gasteiger partial charge on any atom is 0.553 e. The van der Waals surface area contributed by atoms with Crippen LogP contribution in [0, 0.1) is 0 Å². The first kappa shape index (κ1) is 12.9. The standard InChI is InChI=1S/C23H16N4/c1-13-19-7-3-15-11-17-5-9-21-14(2)22-10-6-18-12-16-4-8-20(13)25(16)23(24(15)19,26(17)21)27(18)22/h3-12H,1-2H3/q+2. The van der Waals surface area contributed by atoms with E-state index in [0.29, 0.717) is 0 Å². The Balaban J connectivity index is 1.77. The van der Waals surface area contributed by atoms with Crippen LogP contribution in [-0.4, -0.2) is 29.7 Å². The second-order valence-corrected chi connectivity index (χ2v) is 8.05. The van der Waals surface area contributed by atoms with Gasteiger partial charge in [0.05, 0.1) is 27.7 Å². The summed E-state index contributed by atoms with van der Waals surface area (Å²) in [5.41, 5.74) is 10.4. The molecule has 8 rings (SSSR count). The number of hydrogen-bond acceptors (Lipinski definition) is 0. The monoisotopic (exact) mass is 348 g/mol. The van der Waals surface area contributed by atoms with E-state index < -0.39 is 5.91 Å². The van der Waals surface area contributed by atoms with Crippen LogP contribution in [-0.2, 0) is 5.91 Å². The van der Waals surface area contributed by atoms with Gasteiger partial charge in [0.2, 0.25) is 22.8 Å². The summed E-state index contributed by atoms with van der Waals surface area (Å²) in [6.45, 7) is 4.49. The molecule has 0 amide bonds. The van der Waals surface area contributed by atoms with E-state index in [1.165, 1.54) is 56.0 Å². The molecule has 1 unspecified atom stereocenters. The van der Waals surface area contributed by atoms with Crippen molar-refractivity contribution in [2.24, 2.45) is 0 Å². The Labute approximate surface area is 155 Å². The van der Waals surface area contributed by atoms with Gasteiger partial charge in [0.15, 0.2) is 0 Å². The van der Waals surface area contributed by atoms with Crippen LogP contribution >= 0.6 is 0 Å². The van der Waals surface area contributed by atoms with E-state index >= 15 is 0 Å². The third kappa shape index (κ3) is 1.03. The molecule has 0 radical (unpaired) electrons. The maximum absolute atomic E-state index is 2.53. The molecule has 0 saturated heterocycles. The highest BCUT2D eigenvalue weighted by Gasteiger charge is 2.70. The summed E-state index contributed by atoms with van der Waals surface area (Å²) in [4.78, 5) is 0. The normalized spacial score (nSPS) is 26.7. The molecule has 6 aliphatic heterocycles. The van der Waals surface area contributed by atoms with E-state index in [4.69, 9.17) is 0 Å². The largest absolute Gasteiger partial charge is 0.553 e. The minimum atomic E-state index is -0.451. The molecule has 6 aliphatic rings. The van der Waals surface area contributed by atoms with E-state index in [0.717, 1.165) is 0 Å². The highest BCUT2D eigenvalue weighted by atomic mass is 15.6. The zero-order valence-electron chi connectivity index (χ0n) is 15.1. The summed E-state index contributed by atoms with van der Waals surface area (Å²) in [7, 11) is 0. The Morgan fingerprint density at radius 2 is 1.74 bits per heavy atom. The SMILES string of the molecule is CC1=C2C=CC3=[N+]2C24n5c(ccc5C(C)=c5ccc(n52)=C3)C=C2C=CC1=[N+]24. The second kappa shape index (κ2) is 3.54. The molecule has 0 N–H and O–H groups in total. The number of hydrogen-bond donors (Lipinski definition) is 0. The lowest BCUT2D eigenvalue weighted by atomic mass is 10.0. The molecule has 8 heterocycles. The van der Waals surface area contributed by atoms with Crippen molar-refractivity contribution in [2.45, 2.75) is 19.8 Å². The zero-order valence-corrected chi connectivity index (χ0v) is 15.1. The fourth-order valence-electron chi connectivity index (χ4n) is 5.94. The van der Waals surface area contributed by atoms with Gasteiger partial charge in [0.1, 0.15) is 0 Å². The average Bonchev–Trinajstić information content (AvgIpc) is 3.43. The van der Waals surface area contributed by atoms with Crippen molar-refractivity contribution >= 4 is 29.1 Å². The summed E-state index contributed by atoms with van der Waals surface area (Å²) in [6, 6.07) is 9.10. The summed E-state index contributed by atoms with van der Waals surface area (Å²) in [5, 5.41) is 2.56. The predicted molar refractivity (Wildman–Crippen MR) is 104 cm³/mol. The highest BCUT2D eigenvalue weighted by molar-refractivity contribution is 6.17. The summed E-state index contributed by atoms with van der Waals surface area (Å²) < 4.78 is 10.1. The maximum atomic E-state index is 2.53. The molecular weight excluding hydrogens is 332 g/mol. The molecule has 0 aromatic carbocycles. The summed E-state index contributed by atoms with van der Waals surface area (Å²) >= 11 is 0. The van der Waals surface area contributed by atoms with E-state index in [1.807, 2.05) is 0 Å². The van der Waals surface area contributed by atoms with Crippen LogP contribution in [0.15, 0.2) is 65.5 Å². The van der Waals surface area contributed by atoms with Gasteiger partial charge in [-0.1, -0.05) is 9.15 Å². The molecule has 0 saturated carbocycles. The number of allylic oxidation sites excluding steroid dienone is 5. The molecule has 0 aliphatic carbocycles. The van der Waals surface area contributed by atoms with Crippen molar-refractivity contribution in [3.63, 3.8) is 0 Å².